The van der Waals surface area contributed by atoms with E-state index >= 15 is 0 Å². The van der Waals surface area contributed by atoms with Gasteiger partial charge in [0.05, 0.1) is 57.9 Å². The third-order valence-electron chi connectivity index (χ3n) is 11.1. The molecule has 0 spiro atoms. The molecule has 6 aliphatic rings. The molecule has 6 saturated heterocycles. The van der Waals surface area contributed by atoms with Gasteiger partial charge in [-0.25, -0.2) is 0 Å². The summed E-state index contributed by atoms with van der Waals surface area (Å²) in [6.45, 7) is 12.3. The van der Waals surface area contributed by atoms with E-state index in [0.717, 1.165) is 60.7 Å². The molecule has 0 aromatic carbocycles. The monoisotopic (exact) mass is 735 g/mol. The number of nitrogens with zero attached hydrogens (tertiary/aromatic N) is 1. The van der Waals surface area contributed by atoms with Crippen LogP contribution in [0.1, 0.15) is 90.9 Å². The Morgan fingerprint density at radius 2 is 0.980 bits per heavy atom. The average Bonchev–Trinajstić information content (AvgIpc) is 3.94. The van der Waals surface area contributed by atoms with E-state index in [1.807, 2.05) is 0 Å². The zero-order chi connectivity index (χ0) is 38.7. The van der Waals surface area contributed by atoms with E-state index in [1.54, 1.807) is 26.0 Å². The molecule has 2 amide bonds. The SMILES string of the molecule is [CH2-][NH+]1CCCC1.[CH2-][NH+]1CCC[C@@H]1C.[CH2-][NH+]1CCC[C@H]1C.[CH2-][NH+]1CCC[C@H]1C(=O)N(C)C.[CH2-][NH+]1CCC[C@H]1C(=O)NC.[CH2-][NH+]1CCC[C@H]1C(F)(F)F. The van der Waals surface area contributed by atoms with Gasteiger partial charge in [-0.3, -0.25) is 9.59 Å². The quantitative estimate of drug-likeness (QED) is 0.155. The molecular weight excluding hydrogens is 657 g/mol. The van der Waals surface area contributed by atoms with Crippen molar-refractivity contribution in [1.29, 1.82) is 0 Å². The maximum atomic E-state index is 12.0. The van der Waals surface area contributed by atoms with Crippen LogP contribution in [0.2, 0.25) is 0 Å². The van der Waals surface area contributed by atoms with Crippen LogP contribution in [0.3, 0.4) is 0 Å². The molecule has 6 rings (SSSR count). The Balaban J connectivity index is 0.000000310. The van der Waals surface area contributed by atoms with Crippen molar-refractivity contribution < 1.29 is 52.2 Å². The fraction of sp³-hybridized carbons (Fsp3) is 0.789. The van der Waals surface area contributed by atoms with E-state index in [1.165, 1.54) is 79.4 Å². The number of rotatable bonds is 2. The van der Waals surface area contributed by atoms with Crippen molar-refractivity contribution in [1.82, 2.24) is 10.2 Å². The van der Waals surface area contributed by atoms with Gasteiger partial charge in [0.2, 0.25) is 0 Å². The van der Waals surface area contributed by atoms with Crippen molar-refractivity contribution in [3.05, 3.63) is 42.3 Å². The molecule has 0 aliphatic carbocycles. The van der Waals surface area contributed by atoms with Crippen molar-refractivity contribution in [3.63, 3.8) is 0 Å². The van der Waals surface area contributed by atoms with Crippen LogP contribution in [0.4, 0.5) is 13.2 Å². The molecule has 51 heavy (non-hydrogen) atoms. The molecule has 7 N–H and O–H groups in total. The molecule has 13 heteroatoms. The normalized spacial score (nSPS) is 34.2. The van der Waals surface area contributed by atoms with Crippen LogP contribution in [0.5, 0.6) is 0 Å². The number of alkyl halides is 3. The topological polar surface area (TPSA) is 76.0 Å². The highest BCUT2D eigenvalue weighted by Crippen LogP contribution is 2.23. The zero-order valence-corrected chi connectivity index (χ0v) is 33.0. The summed E-state index contributed by atoms with van der Waals surface area (Å²) in [7, 11) is 28.1. The Morgan fingerprint density at radius 1 is 0.588 bits per heavy atom. The van der Waals surface area contributed by atoms with Crippen LogP contribution in [-0.2, 0) is 9.59 Å². The molecule has 302 valence electrons. The molecular formula is C38H77F3N8O2. The molecule has 0 aromatic rings. The Kier molecular flexibility index (Phi) is 23.0. The highest BCUT2D eigenvalue weighted by atomic mass is 19.4. The summed E-state index contributed by atoms with van der Waals surface area (Å²) in [5, 5.41) is 2.64. The Bertz CT molecular complexity index is 919. The first-order valence-electron chi connectivity index (χ1n) is 19.4. The molecule has 5 unspecified atom stereocenters. The van der Waals surface area contributed by atoms with E-state index in [9.17, 15) is 22.8 Å². The minimum absolute atomic E-state index is 0.102. The molecule has 0 radical (unpaired) electrons. The second-order valence-corrected chi connectivity index (χ2v) is 15.6. The molecule has 0 aromatic heterocycles. The van der Waals surface area contributed by atoms with Crippen LogP contribution in [-0.4, -0.2) is 120 Å². The second-order valence-electron chi connectivity index (χ2n) is 15.6. The van der Waals surface area contributed by atoms with Crippen molar-refractivity contribution in [2.45, 2.75) is 127 Å². The van der Waals surface area contributed by atoms with Crippen molar-refractivity contribution in [2.75, 3.05) is 67.0 Å². The maximum Gasteiger partial charge on any atom is 0.438 e. The summed E-state index contributed by atoms with van der Waals surface area (Å²) < 4.78 is 35.9. The van der Waals surface area contributed by atoms with E-state index in [-0.39, 0.29) is 30.3 Å². The number of carbonyl (C=O) groups is 2. The number of hydrogen-bond acceptors (Lipinski definition) is 2. The standard InChI is InChI=1S/C8H16N2O.C7H14N2O.C6H10F3N.2C6H13N.C5H11N/c1-9(2)8(11)7-5-4-6-10(7)3;1-8-7(10)6-4-3-5-9(6)2;1-10-4-2-3-5(10)6(7,8)9;2*1-6-4-3-5-7(6)2;1-6-4-2-3-5-6/h7,10H,3-6H2,1-2H3;6,9H,2-5H2,1H3,(H,8,10);5,10H,1-4H2;2*6-7H,2-5H2,1H3;6H,1-5H2/t7-;6-;5-;2*6-;/m00010./s1. The van der Waals surface area contributed by atoms with E-state index in [0.29, 0.717) is 17.9 Å². The summed E-state index contributed by atoms with van der Waals surface area (Å²) in [4.78, 5) is 31.1. The third-order valence-corrected chi connectivity index (χ3v) is 11.1. The largest absolute Gasteiger partial charge is 0.468 e. The predicted molar refractivity (Wildman–Crippen MR) is 196 cm³/mol. The smallest absolute Gasteiger partial charge is 0.438 e. The lowest BCUT2D eigenvalue weighted by molar-refractivity contribution is -0.880. The van der Waals surface area contributed by atoms with E-state index in [4.69, 9.17) is 0 Å². The summed E-state index contributed by atoms with van der Waals surface area (Å²) in [5.74, 6) is 0.343. The second kappa shape index (κ2) is 24.7. The van der Waals surface area contributed by atoms with Crippen LogP contribution < -0.4 is 34.7 Å². The van der Waals surface area contributed by atoms with Crippen LogP contribution in [0.15, 0.2) is 0 Å². The van der Waals surface area contributed by atoms with Gasteiger partial charge < -0.3 is 39.6 Å². The first-order chi connectivity index (χ1) is 23.9. The van der Waals surface area contributed by atoms with Crippen molar-refractivity contribution in [3.8, 4) is 0 Å². The Labute approximate surface area is 310 Å². The van der Waals surface area contributed by atoms with Crippen molar-refractivity contribution in [2.24, 2.45) is 0 Å². The average molecular weight is 735 g/mol. The van der Waals surface area contributed by atoms with Gasteiger partial charge in [0.1, 0.15) is 12.1 Å². The lowest BCUT2D eigenvalue weighted by Gasteiger charge is -2.24. The van der Waals surface area contributed by atoms with E-state index in [2.05, 4.69) is 61.5 Å². The maximum absolute atomic E-state index is 12.0. The van der Waals surface area contributed by atoms with Crippen molar-refractivity contribution >= 4 is 11.8 Å². The van der Waals surface area contributed by atoms with E-state index < -0.39 is 12.2 Å². The minimum Gasteiger partial charge on any atom is -0.468 e. The molecule has 0 bridgehead atoms. The fourth-order valence-corrected chi connectivity index (χ4v) is 7.28. The molecule has 10 atom stereocenters. The number of halogens is 3. The third kappa shape index (κ3) is 18.4. The van der Waals surface area contributed by atoms with Gasteiger partial charge in [-0.1, -0.05) is 0 Å². The lowest BCUT2D eigenvalue weighted by Crippen LogP contribution is -3.10. The van der Waals surface area contributed by atoms with Crippen LogP contribution in [0.25, 0.3) is 0 Å². The number of amides is 2. The number of hydrogen-bond donors (Lipinski definition) is 7. The summed E-state index contributed by atoms with van der Waals surface area (Å²) >= 11 is 0. The molecule has 6 aliphatic heterocycles. The lowest BCUT2D eigenvalue weighted by atomic mass is 10.2. The Morgan fingerprint density at radius 3 is 1.20 bits per heavy atom. The number of likely N-dealkylation sites (N-methyl/N-ethyl adjacent to an activating group) is 2. The number of carbonyl (C=O) groups excluding carboxylic acids is 2. The number of quaternary nitrogens is 6. The van der Waals surface area contributed by atoms with Gasteiger partial charge in [0.15, 0.2) is 6.04 Å². The predicted octanol–water partition coefficient (Wildman–Crippen LogP) is -2.98. The number of nitrogens with one attached hydrogen (secondary N) is 7. The fourth-order valence-electron chi connectivity index (χ4n) is 7.28. The van der Waals surface area contributed by atoms with Crippen LogP contribution in [0, 0.1) is 42.3 Å². The van der Waals surface area contributed by atoms with Gasteiger partial charge >= 0.3 is 6.18 Å². The zero-order valence-electron chi connectivity index (χ0n) is 33.0. The van der Waals surface area contributed by atoms with Gasteiger partial charge in [0, 0.05) is 72.5 Å². The van der Waals surface area contributed by atoms with Gasteiger partial charge in [-0.15, -0.1) is 0 Å². The first-order valence-corrected chi connectivity index (χ1v) is 19.4. The van der Waals surface area contributed by atoms with Gasteiger partial charge in [0.25, 0.3) is 11.8 Å². The molecule has 10 nitrogen and oxygen atoms in total. The minimum atomic E-state index is -4.05. The highest BCUT2D eigenvalue weighted by molar-refractivity contribution is 5.80. The van der Waals surface area contributed by atoms with Crippen LogP contribution >= 0.6 is 0 Å². The molecule has 6 fully saturated rings. The number of likely N-dealkylation sites (tertiary alicyclic amines) is 6. The van der Waals surface area contributed by atoms with Gasteiger partial charge in [-0.05, 0) is 39.5 Å². The molecule has 0 saturated carbocycles. The first kappa shape index (κ1) is 47.5. The van der Waals surface area contributed by atoms with Gasteiger partial charge in [-0.2, -0.15) is 55.5 Å². The molecule has 6 heterocycles. The summed E-state index contributed by atoms with van der Waals surface area (Å²) in [6.07, 6.45) is 9.34. The Hall–Kier alpha value is -1.51. The summed E-state index contributed by atoms with van der Waals surface area (Å²) in [5.41, 5.74) is 0. The highest BCUT2D eigenvalue weighted by Gasteiger charge is 2.45. The summed E-state index contributed by atoms with van der Waals surface area (Å²) in [6, 6.07) is 0.641.